The first-order valence-electron chi connectivity index (χ1n) is 8.88. The van der Waals surface area contributed by atoms with Gasteiger partial charge in [0.1, 0.15) is 35.1 Å². The van der Waals surface area contributed by atoms with Gasteiger partial charge in [0.05, 0.1) is 5.69 Å². The van der Waals surface area contributed by atoms with E-state index in [4.69, 9.17) is 21.5 Å². The molecule has 0 saturated carbocycles. The summed E-state index contributed by atoms with van der Waals surface area (Å²) in [6, 6.07) is 12.0. The molecule has 4 rings (SSSR count). The average molecular weight is 476 g/mol. The van der Waals surface area contributed by atoms with Gasteiger partial charge in [0.15, 0.2) is 6.19 Å². The fraction of sp³-hybridized carbons (Fsp3) is 0.0500. The lowest BCUT2D eigenvalue weighted by Gasteiger charge is -2.26. The molecule has 0 fully saturated rings. The SMILES string of the molecule is N#CNC1=NC(c2cccc(Oc3ccc(Br)cn3)c2)c2c(nc(N)c(C#N)c2N)N1. The molecule has 11 heteroatoms. The van der Waals surface area contributed by atoms with E-state index in [-0.39, 0.29) is 23.0 Å². The van der Waals surface area contributed by atoms with Gasteiger partial charge in [-0.25, -0.2) is 15.0 Å². The highest BCUT2D eigenvalue weighted by molar-refractivity contribution is 9.10. The number of rotatable bonds is 3. The maximum atomic E-state index is 9.43. The maximum Gasteiger partial charge on any atom is 0.219 e. The molecule has 0 amide bonds. The van der Waals surface area contributed by atoms with Crippen LogP contribution >= 0.6 is 15.9 Å². The Kier molecular flexibility index (Phi) is 5.26. The van der Waals surface area contributed by atoms with Gasteiger partial charge in [-0.1, -0.05) is 12.1 Å². The Balaban J connectivity index is 1.79. The summed E-state index contributed by atoms with van der Waals surface area (Å²) in [5, 5.41) is 23.8. The van der Waals surface area contributed by atoms with Crippen LogP contribution in [0.25, 0.3) is 0 Å². The summed E-state index contributed by atoms with van der Waals surface area (Å²) in [7, 11) is 0. The standard InChI is InChI=1S/C20H14BrN9O/c21-11-4-5-14(26-8-11)31-12-3-1-2-10(6-12)17-15-16(24)13(7-22)18(25)29-19(15)30-20(28-17)27-9-23/h1-6,8,17H,(H6,24,25,27,28,29,30). The highest BCUT2D eigenvalue weighted by atomic mass is 79.9. The zero-order valence-corrected chi connectivity index (χ0v) is 17.4. The minimum absolute atomic E-state index is 0.0124. The molecule has 3 heterocycles. The summed E-state index contributed by atoms with van der Waals surface area (Å²) in [6.45, 7) is 0. The molecule has 3 aromatic rings. The predicted octanol–water partition coefficient (Wildman–Crippen LogP) is 3.01. The molecule has 1 atom stereocenters. The lowest BCUT2D eigenvalue weighted by molar-refractivity contribution is 0.462. The summed E-state index contributed by atoms with van der Waals surface area (Å²) < 4.78 is 6.67. The van der Waals surface area contributed by atoms with Crippen LogP contribution in [0.3, 0.4) is 0 Å². The number of nitriles is 2. The van der Waals surface area contributed by atoms with Crippen LogP contribution in [0.5, 0.6) is 11.6 Å². The molecule has 1 unspecified atom stereocenters. The number of aromatic nitrogens is 2. The van der Waals surface area contributed by atoms with Gasteiger partial charge in [-0.15, -0.1) is 0 Å². The van der Waals surface area contributed by atoms with Crippen molar-refractivity contribution >= 4 is 39.2 Å². The highest BCUT2D eigenvalue weighted by Crippen LogP contribution is 2.41. The monoisotopic (exact) mass is 475 g/mol. The number of benzene rings is 1. The molecule has 10 nitrogen and oxygen atoms in total. The number of pyridine rings is 2. The number of hydrogen-bond donors (Lipinski definition) is 4. The fourth-order valence-electron chi connectivity index (χ4n) is 3.11. The van der Waals surface area contributed by atoms with Crippen LogP contribution in [0.4, 0.5) is 17.3 Å². The minimum atomic E-state index is -0.659. The van der Waals surface area contributed by atoms with E-state index in [1.807, 2.05) is 24.4 Å². The second-order valence-electron chi connectivity index (χ2n) is 6.39. The first-order valence-corrected chi connectivity index (χ1v) is 9.67. The maximum absolute atomic E-state index is 9.43. The number of ether oxygens (including phenoxy) is 1. The van der Waals surface area contributed by atoms with Crippen LogP contribution in [-0.4, -0.2) is 15.9 Å². The largest absolute Gasteiger partial charge is 0.439 e. The highest BCUT2D eigenvalue weighted by Gasteiger charge is 2.29. The van der Waals surface area contributed by atoms with E-state index >= 15 is 0 Å². The van der Waals surface area contributed by atoms with Crippen LogP contribution in [0.15, 0.2) is 52.1 Å². The van der Waals surface area contributed by atoms with Crippen LogP contribution in [0, 0.1) is 22.8 Å². The van der Waals surface area contributed by atoms with Gasteiger partial charge < -0.3 is 21.5 Å². The molecule has 31 heavy (non-hydrogen) atoms. The number of hydrogen-bond acceptors (Lipinski definition) is 10. The number of nitrogen functional groups attached to an aromatic ring is 2. The van der Waals surface area contributed by atoms with Gasteiger partial charge in [0.25, 0.3) is 0 Å². The molecule has 2 aromatic heterocycles. The van der Waals surface area contributed by atoms with E-state index < -0.39 is 6.04 Å². The number of nitrogens with two attached hydrogens (primary N) is 2. The number of nitrogens with zero attached hydrogens (tertiary/aromatic N) is 5. The third kappa shape index (κ3) is 3.90. The van der Waals surface area contributed by atoms with Crippen molar-refractivity contribution in [3.8, 4) is 23.9 Å². The van der Waals surface area contributed by atoms with Gasteiger partial charge in [-0.2, -0.15) is 10.5 Å². The van der Waals surface area contributed by atoms with E-state index in [9.17, 15) is 5.26 Å². The van der Waals surface area contributed by atoms with Crippen LogP contribution in [0.2, 0.25) is 0 Å². The van der Waals surface area contributed by atoms with E-state index in [1.54, 1.807) is 30.5 Å². The Hall–Kier alpha value is -4.35. The number of anilines is 3. The second-order valence-corrected chi connectivity index (χ2v) is 7.31. The fourth-order valence-corrected chi connectivity index (χ4v) is 3.35. The Morgan fingerprint density at radius 2 is 2.03 bits per heavy atom. The van der Waals surface area contributed by atoms with E-state index in [0.717, 1.165) is 4.47 Å². The number of halogens is 1. The molecular weight excluding hydrogens is 462 g/mol. The Bertz CT molecular complexity index is 1280. The smallest absolute Gasteiger partial charge is 0.219 e. The van der Waals surface area contributed by atoms with Crippen LogP contribution in [-0.2, 0) is 0 Å². The molecule has 0 bridgehead atoms. The average Bonchev–Trinajstić information content (AvgIpc) is 2.75. The van der Waals surface area contributed by atoms with Crippen molar-refractivity contribution in [2.24, 2.45) is 4.99 Å². The molecule has 6 N–H and O–H groups in total. The minimum Gasteiger partial charge on any atom is -0.439 e. The van der Waals surface area contributed by atoms with Crippen molar-refractivity contribution in [2.75, 3.05) is 16.8 Å². The Morgan fingerprint density at radius 1 is 1.19 bits per heavy atom. The summed E-state index contributed by atoms with van der Waals surface area (Å²) in [5.74, 6) is 1.42. The van der Waals surface area contributed by atoms with Gasteiger partial charge in [-0.05, 0) is 39.7 Å². The third-order valence-electron chi connectivity index (χ3n) is 4.45. The van der Waals surface area contributed by atoms with E-state index in [1.165, 1.54) is 0 Å². The molecule has 152 valence electrons. The molecule has 1 aromatic carbocycles. The van der Waals surface area contributed by atoms with Crippen LogP contribution < -0.4 is 26.8 Å². The van der Waals surface area contributed by atoms with E-state index in [0.29, 0.717) is 28.6 Å². The first-order chi connectivity index (χ1) is 15.0. The van der Waals surface area contributed by atoms with Gasteiger partial charge in [-0.3, -0.25) is 5.32 Å². The molecule has 0 radical (unpaired) electrons. The zero-order chi connectivity index (χ0) is 22.0. The molecule has 1 aliphatic heterocycles. The second kappa shape index (κ2) is 8.18. The zero-order valence-electron chi connectivity index (χ0n) is 15.8. The number of fused-ring (bicyclic) bond motifs is 1. The molecular formula is C20H14BrN9O. The van der Waals surface area contributed by atoms with E-state index in [2.05, 4.69) is 41.5 Å². The first kappa shape index (κ1) is 19.9. The molecule has 0 spiro atoms. The normalized spacial score (nSPS) is 14.3. The number of nitrogens with one attached hydrogen (secondary N) is 2. The van der Waals surface area contributed by atoms with Crippen molar-refractivity contribution in [3.63, 3.8) is 0 Å². The summed E-state index contributed by atoms with van der Waals surface area (Å²) in [6.07, 6.45) is 3.45. The van der Waals surface area contributed by atoms with Crippen molar-refractivity contribution in [1.29, 1.82) is 10.5 Å². The van der Waals surface area contributed by atoms with Crippen molar-refractivity contribution in [2.45, 2.75) is 6.04 Å². The van der Waals surface area contributed by atoms with Gasteiger partial charge >= 0.3 is 0 Å². The molecule has 0 aliphatic carbocycles. The summed E-state index contributed by atoms with van der Waals surface area (Å²) in [5.41, 5.74) is 13.6. The van der Waals surface area contributed by atoms with Gasteiger partial charge in [0, 0.05) is 22.3 Å². The number of guanidine groups is 1. The topological polar surface area (TPSA) is 171 Å². The van der Waals surface area contributed by atoms with Crippen molar-refractivity contribution in [3.05, 3.63) is 63.8 Å². The lowest BCUT2D eigenvalue weighted by Crippen LogP contribution is -2.32. The third-order valence-corrected chi connectivity index (χ3v) is 4.92. The van der Waals surface area contributed by atoms with Crippen LogP contribution in [0.1, 0.15) is 22.7 Å². The molecule has 0 saturated heterocycles. The van der Waals surface area contributed by atoms with Crippen molar-refractivity contribution in [1.82, 2.24) is 15.3 Å². The predicted molar refractivity (Wildman–Crippen MR) is 118 cm³/mol. The van der Waals surface area contributed by atoms with Gasteiger partial charge in [0.2, 0.25) is 11.8 Å². The Labute approximate surface area is 185 Å². The lowest BCUT2D eigenvalue weighted by atomic mass is 9.95. The summed E-state index contributed by atoms with van der Waals surface area (Å²) >= 11 is 3.33. The summed E-state index contributed by atoms with van der Waals surface area (Å²) in [4.78, 5) is 13.0. The molecule has 1 aliphatic rings. The van der Waals surface area contributed by atoms with Crippen molar-refractivity contribution < 1.29 is 4.74 Å². The number of aliphatic imine (C=N–C) groups is 1. The quantitative estimate of drug-likeness (QED) is 0.328. The Morgan fingerprint density at radius 3 is 2.74 bits per heavy atom.